The van der Waals surface area contributed by atoms with Crippen molar-refractivity contribution in [3.05, 3.63) is 150 Å². The second-order valence-electron chi connectivity index (χ2n) is 9.66. The lowest BCUT2D eigenvalue weighted by atomic mass is 10.1. The molecule has 44 heavy (non-hydrogen) atoms. The smallest absolute Gasteiger partial charge is 0.248 e. The Morgan fingerprint density at radius 2 is 0.659 bits per heavy atom. The van der Waals surface area contributed by atoms with Gasteiger partial charge in [0.2, 0.25) is 23.6 Å². The highest BCUT2D eigenvalue weighted by Crippen LogP contribution is 2.28. The summed E-state index contributed by atoms with van der Waals surface area (Å²) in [4.78, 5) is 4.01. The molecule has 7 heteroatoms. The second-order valence-corrected chi connectivity index (χ2v) is 9.66. The van der Waals surface area contributed by atoms with Crippen molar-refractivity contribution < 1.29 is 8.83 Å². The summed E-state index contributed by atoms with van der Waals surface area (Å²) in [7, 11) is 0. The van der Waals surface area contributed by atoms with Crippen LogP contribution in [0.3, 0.4) is 0 Å². The summed E-state index contributed by atoms with van der Waals surface area (Å²) in [5.41, 5.74) is 6.85. The third-order valence-electron chi connectivity index (χ3n) is 6.65. The first-order valence-corrected chi connectivity index (χ1v) is 13.7. The molecule has 3 aromatic heterocycles. The van der Waals surface area contributed by atoms with E-state index >= 15 is 0 Å². The lowest BCUT2D eigenvalue weighted by molar-refractivity contribution is 0.582. The number of rotatable bonds is 4. The molecular formula is C37H21N5O2. The van der Waals surface area contributed by atoms with Gasteiger partial charge in [0, 0.05) is 56.9 Å². The van der Waals surface area contributed by atoms with Gasteiger partial charge in [-0.15, -0.1) is 20.4 Å². The van der Waals surface area contributed by atoms with Crippen LogP contribution in [0.1, 0.15) is 22.3 Å². The molecule has 0 aliphatic heterocycles. The van der Waals surface area contributed by atoms with Gasteiger partial charge in [-0.05, 0) is 97.1 Å². The SMILES string of the molecule is C(#Cc1ccc(-c2nnc(-c3ccc(-c4nnc(-c5ccc(C#Cc6ccncc6)cc5)o4)cc3)o2)cc1)c1ccccc1. The maximum Gasteiger partial charge on any atom is 0.248 e. The lowest BCUT2D eigenvalue weighted by Gasteiger charge is -1.98. The van der Waals surface area contributed by atoms with E-state index < -0.39 is 0 Å². The van der Waals surface area contributed by atoms with Crippen LogP contribution in [0.5, 0.6) is 0 Å². The largest absolute Gasteiger partial charge is 0.416 e. The van der Waals surface area contributed by atoms with E-state index in [1.807, 2.05) is 115 Å². The summed E-state index contributed by atoms with van der Waals surface area (Å²) in [5.74, 6) is 14.3. The van der Waals surface area contributed by atoms with Gasteiger partial charge in [0.05, 0.1) is 0 Å². The Morgan fingerprint density at radius 3 is 1.05 bits per heavy atom. The van der Waals surface area contributed by atoms with Crippen molar-refractivity contribution in [2.45, 2.75) is 0 Å². The number of nitrogens with zero attached hydrogens (tertiary/aromatic N) is 5. The highest BCUT2D eigenvalue weighted by Gasteiger charge is 2.13. The lowest BCUT2D eigenvalue weighted by Crippen LogP contribution is -1.81. The van der Waals surface area contributed by atoms with Gasteiger partial charge in [0.1, 0.15) is 0 Å². The van der Waals surface area contributed by atoms with Crippen LogP contribution in [0, 0.1) is 23.7 Å². The Kier molecular flexibility index (Phi) is 7.25. The molecule has 0 aliphatic carbocycles. The van der Waals surface area contributed by atoms with Gasteiger partial charge >= 0.3 is 0 Å². The van der Waals surface area contributed by atoms with Gasteiger partial charge < -0.3 is 8.83 Å². The highest BCUT2D eigenvalue weighted by atomic mass is 16.4. The fourth-order valence-corrected chi connectivity index (χ4v) is 4.31. The summed E-state index contributed by atoms with van der Waals surface area (Å²) in [5, 5.41) is 16.9. The first kappa shape index (κ1) is 26.3. The molecule has 0 bridgehead atoms. The Bertz CT molecular complexity index is 1990. The molecular weight excluding hydrogens is 546 g/mol. The molecule has 0 amide bonds. The van der Waals surface area contributed by atoms with E-state index in [-0.39, 0.29) is 0 Å². The third-order valence-corrected chi connectivity index (χ3v) is 6.65. The zero-order valence-electron chi connectivity index (χ0n) is 23.2. The van der Waals surface area contributed by atoms with Crippen LogP contribution >= 0.6 is 0 Å². The molecule has 7 aromatic rings. The minimum Gasteiger partial charge on any atom is -0.416 e. The Morgan fingerprint density at radius 1 is 0.341 bits per heavy atom. The Balaban J connectivity index is 1.02. The van der Waals surface area contributed by atoms with E-state index in [2.05, 4.69) is 49.1 Å². The van der Waals surface area contributed by atoms with Gasteiger partial charge in [-0.2, -0.15) is 0 Å². The molecule has 4 aromatic carbocycles. The average molecular weight is 568 g/mol. The van der Waals surface area contributed by atoms with E-state index in [1.165, 1.54) is 0 Å². The van der Waals surface area contributed by atoms with E-state index in [0.717, 1.165) is 44.5 Å². The molecule has 0 N–H and O–H groups in total. The molecule has 0 unspecified atom stereocenters. The van der Waals surface area contributed by atoms with Crippen molar-refractivity contribution in [1.29, 1.82) is 0 Å². The van der Waals surface area contributed by atoms with Crippen LogP contribution in [0.15, 0.2) is 136 Å². The van der Waals surface area contributed by atoms with E-state index in [4.69, 9.17) is 8.83 Å². The fraction of sp³-hybridized carbons (Fsp3) is 0. The van der Waals surface area contributed by atoms with Crippen LogP contribution in [0.4, 0.5) is 0 Å². The maximum absolute atomic E-state index is 5.96. The van der Waals surface area contributed by atoms with Gasteiger partial charge in [0.15, 0.2) is 0 Å². The maximum atomic E-state index is 5.96. The zero-order chi connectivity index (χ0) is 29.6. The highest BCUT2D eigenvalue weighted by molar-refractivity contribution is 5.64. The first-order chi connectivity index (χ1) is 21.8. The van der Waals surface area contributed by atoms with Crippen LogP contribution in [0.25, 0.3) is 45.8 Å². The first-order valence-electron chi connectivity index (χ1n) is 13.7. The van der Waals surface area contributed by atoms with Crippen molar-refractivity contribution in [1.82, 2.24) is 25.4 Å². The Labute approximate surface area is 253 Å². The van der Waals surface area contributed by atoms with Crippen molar-refractivity contribution in [3.63, 3.8) is 0 Å². The molecule has 0 saturated heterocycles. The molecule has 206 valence electrons. The number of hydrogen-bond donors (Lipinski definition) is 0. The number of benzene rings is 4. The quantitative estimate of drug-likeness (QED) is 0.206. The molecule has 7 nitrogen and oxygen atoms in total. The molecule has 0 spiro atoms. The van der Waals surface area contributed by atoms with Gasteiger partial charge in [-0.3, -0.25) is 4.98 Å². The summed E-state index contributed by atoms with van der Waals surface area (Å²) in [6, 6.07) is 36.6. The predicted octanol–water partition coefficient (Wildman–Crippen LogP) is 7.32. The van der Waals surface area contributed by atoms with Crippen molar-refractivity contribution >= 4 is 0 Å². The van der Waals surface area contributed by atoms with Gasteiger partial charge in [0.25, 0.3) is 0 Å². The molecule has 0 fully saturated rings. The second kappa shape index (κ2) is 12.1. The predicted molar refractivity (Wildman–Crippen MR) is 167 cm³/mol. The molecule has 0 aliphatic rings. The number of aromatic nitrogens is 5. The van der Waals surface area contributed by atoms with Crippen LogP contribution in [0.2, 0.25) is 0 Å². The standard InChI is InChI=1S/C37H21N5O2/c1-2-4-26(5-3-1)6-7-27-10-14-30(15-11-27)34-39-41-36(43-34)32-18-20-33(21-19-32)37-42-40-35(44-37)31-16-12-28(13-17-31)8-9-29-22-24-38-25-23-29/h1-5,10-25H. The average Bonchev–Trinajstić information content (AvgIpc) is 3.80. The molecule has 7 rings (SSSR count). The van der Waals surface area contributed by atoms with Gasteiger partial charge in [-0.25, -0.2) is 0 Å². The van der Waals surface area contributed by atoms with Crippen molar-refractivity contribution in [2.24, 2.45) is 0 Å². The van der Waals surface area contributed by atoms with E-state index in [9.17, 15) is 0 Å². The molecule has 0 saturated carbocycles. The topological polar surface area (TPSA) is 90.7 Å². The fourth-order valence-electron chi connectivity index (χ4n) is 4.31. The van der Waals surface area contributed by atoms with Crippen molar-refractivity contribution in [3.8, 4) is 69.5 Å². The summed E-state index contributed by atoms with van der Waals surface area (Å²) < 4.78 is 11.9. The summed E-state index contributed by atoms with van der Waals surface area (Å²) >= 11 is 0. The van der Waals surface area contributed by atoms with Crippen molar-refractivity contribution in [2.75, 3.05) is 0 Å². The van der Waals surface area contributed by atoms with E-state index in [0.29, 0.717) is 23.6 Å². The zero-order valence-corrected chi connectivity index (χ0v) is 23.2. The Hall–Kier alpha value is -6.57. The molecule has 3 heterocycles. The minimum absolute atomic E-state index is 0.412. The minimum atomic E-state index is 0.412. The normalized spacial score (nSPS) is 10.4. The molecule has 0 atom stereocenters. The summed E-state index contributed by atoms with van der Waals surface area (Å²) in [6.07, 6.45) is 3.44. The van der Waals surface area contributed by atoms with Crippen LogP contribution < -0.4 is 0 Å². The van der Waals surface area contributed by atoms with E-state index in [1.54, 1.807) is 12.4 Å². The molecule has 0 radical (unpaired) electrons. The third kappa shape index (κ3) is 6.03. The number of hydrogen-bond acceptors (Lipinski definition) is 7. The van der Waals surface area contributed by atoms with Gasteiger partial charge in [-0.1, -0.05) is 41.9 Å². The summed E-state index contributed by atoms with van der Waals surface area (Å²) in [6.45, 7) is 0. The number of pyridine rings is 1. The van der Waals surface area contributed by atoms with Crippen LogP contribution in [-0.4, -0.2) is 25.4 Å². The monoisotopic (exact) mass is 567 g/mol. The van der Waals surface area contributed by atoms with Crippen LogP contribution in [-0.2, 0) is 0 Å².